The normalized spacial score (nSPS) is 10.9. The number of hydrogen-bond donors (Lipinski definition) is 1. The average molecular weight is 332 g/mol. The van der Waals surface area contributed by atoms with Crippen LogP contribution in [0.15, 0.2) is 40.9 Å². The first kappa shape index (κ1) is 13.0. The molecule has 0 bridgehead atoms. The van der Waals surface area contributed by atoms with Crippen molar-refractivity contribution in [3.8, 4) is 11.4 Å². The standard InChI is InChI=1S/C15H14BrN3O/c1-9-3-6-14(20-2)13(7-9)19-12-5-4-10(16)8-11(12)18-15(19)17/h3-8H,1-2H3,(H2,17,18). The monoisotopic (exact) mass is 331 g/mol. The lowest BCUT2D eigenvalue weighted by atomic mass is 10.2. The van der Waals surface area contributed by atoms with Crippen molar-refractivity contribution in [2.75, 3.05) is 12.8 Å². The van der Waals surface area contributed by atoms with Gasteiger partial charge in [-0.05, 0) is 42.8 Å². The van der Waals surface area contributed by atoms with Crippen molar-refractivity contribution in [1.29, 1.82) is 0 Å². The molecule has 102 valence electrons. The van der Waals surface area contributed by atoms with Gasteiger partial charge in [0.1, 0.15) is 5.75 Å². The zero-order valence-electron chi connectivity index (χ0n) is 11.2. The molecule has 20 heavy (non-hydrogen) atoms. The van der Waals surface area contributed by atoms with E-state index in [0.717, 1.165) is 32.5 Å². The summed E-state index contributed by atoms with van der Waals surface area (Å²) in [6.45, 7) is 2.04. The Morgan fingerprint density at radius 1 is 1.20 bits per heavy atom. The molecule has 2 aromatic carbocycles. The topological polar surface area (TPSA) is 53.1 Å². The maximum Gasteiger partial charge on any atom is 0.206 e. The van der Waals surface area contributed by atoms with Gasteiger partial charge in [-0.25, -0.2) is 4.98 Å². The van der Waals surface area contributed by atoms with Crippen LogP contribution in [0.1, 0.15) is 5.56 Å². The van der Waals surface area contributed by atoms with Crippen LogP contribution in [0, 0.1) is 6.92 Å². The number of anilines is 1. The van der Waals surface area contributed by atoms with Gasteiger partial charge >= 0.3 is 0 Å². The van der Waals surface area contributed by atoms with Gasteiger partial charge in [0.15, 0.2) is 0 Å². The van der Waals surface area contributed by atoms with Crippen LogP contribution < -0.4 is 10.5 Å². The number of halogens is 1. The van der Waals surface area contributed by atoms with Crippen molar-refractivity contribution in [2.45, 2.75) is 6.92 Å². The van der Waals surface area contributed by atoms with Crippen molar-refractivity contribution in [3.63, 3.8) is 0 Å². The van der Waals surface area contributed by atoms with E-state index in [1.165, 1.54) is 0 Å². The van der Waals surface area contributed by atoms with Gasteiger partial charge in [-0.2, -0.15) is 0 Å². The summed E-state index contributed by atoms with van der Waals surface area (Å²) in [6.07, 6.45) is 0. The first-order valence-electron chi connectivity index (χ1n) is 6.18. The molecular formula is C15H14BrN3O. The minimum Gasteiger partial charge on any atom is -0.495 e. The van der Waals surface area contributed by atoms with Crippen LogP contribution in [-0.2, 0) is 0 Å². The third-order valence-electron chi connectivity index (χ3n) is 3.22. The van der Waals surface area contributed by atoms with Crippen LogP contribution in [0.25, 0.3) is 16.7 Å². The van der Waals surface area contributed by atoms with E-state index in [2.05, 4.69) is 20.9 Å². The van der Waals surface area contributed by atoms with E-state index < -0.39 is 0 Å². The molecule has 0 radical (unpaired) electrons. The second-order valence-corrected chi connectivity index (χ2v) is 5.53. The van der Waals surface area contributed by atoms with Crippen molar-refractivity contribution in [1.82, 2.24) is 9.55 Å². The van der Waals surface area contributed by atoms with E-state index in [9.17, 15) is 0 Å². The van der Waals surface area contributed by atoms with E-state index in [1.807, 2.05) is 47.9 Å². The summed E-state index contributed by atoms with van der Waals surface area (Å²) in [4.78, 5) is 4.41. The quantitative estimate of drug-likeness (QED) is 0.779. The van der Waals surface area contributed by atoms with Crippen LogP contribution in [0.3, 0.4) is 0 Å². The zero-order valence-corrected chi connectivity index (χ0v) is 12.8. The molecule has 3 rings (SSSR count). The Morgan fingerprint density at radius 2 is 2.00 bits per heavy atom. The molecule has 5 heteroatoms. The summed E-state index contributed by atoms with van der Waals surface area (Å²) in [5, 5.41) is 0. The second-order valence-electron chi connectivity index (χ2n) is 4.61. The molecule has 0 spiro atoms. The Labute approximate surface area is 125 Å². The number of nitrogens with two attached hydrogens (primary N) is 1. The Balaban J connectivity index is 2.34. The summed E-state index contributed by atoms with van der Waals surface area (Å²) in [7, 11) is 1.65. The Kier molecular flexibility index (Phi) is 3.14. The SMILES string of the molecule is COc1ccc(C)cc1-n1c(N)nc2cc(Br)ccc21. The van der Waals surface area contributed by atoms with Gasteiger partial charge in [0.05, 0.1) is 23.8 Å². The van der Waals surface area contributed by atoms with E-state index in [4.69, 9.17) is 10.5 Å². The number of ether oxygens (including phenoxy) is 1. The minimum atomic E-state index is 0.446. The van der Waals surface area contributed by atoms with Gasteiger partial charge in [0.25, 0.3) is 0 Å². The fourth-order valence-electron chi connectivity index (χ4n) is 2.30. The molecule has 0 aliphatic heterocycles. The number of nitrogen functional groups attached to an aromatic ring is 1. The number of benzene rings is 2. The predicted molar refractivity (Wildman–Crippen MR) is 84.5 cm³/mol. The van der Waals surface area contributed by atoms with E-state index in [0.29, 0.717) is 5.95 Å². The summed E-state index contributed by atoms with van der Waals surface area (Å²) >= 11 is 3.45. The molecule has 1 heterocycles. The molecular weight excluding hydrogens is 318 g/mol. The molecule has 3 aromatic rings. The average Bonchev–Trinajstić information content (AvgIpc) is 2.73. The lowest BCUT2D eigenvalue weighted by Gasteiger charge is -2.12. The molecule has 2 N–H and O–H groups in total. The highest BCUT2D eigenvalue weighted by atomic mass is 79.9. The van der Waals surface area contributed by atoms with Crippen LogP contribution in [0.4, 0.5) is 5.95 Å². The van der Waals surface area contributed by atoms with Crippen molar-refractivity contribution in [3.05, 3.63) is 46.4 Å². The van der Waals surface area contributed by atoms with Gasteiger partial charge in [0, 0.05) is 4.47 Å². The smallest absolute Gasteiger partial charge is 0.206 e. The molecule has 0 fully saturated rings. The highest BCUT2D eigenvalue weighted by Crippen LogP contribution is 2.31. The highest BCUT2D eigenvalue weighted by molar-refractivity contribution is 9.10. The molecule has 0 aliphatic rings. The zero-order chi connectivity index (χ0) is 14.3. The molecule has 0 atom stereocenters. The maximum atomic E-state index is 6.09. The maximum absolute atomic E-state index is 6.09. The van der Waals surface area contributed by atoms with E-state index in [-0.39, 0.29) is 0 Å². The number of methoxy groups -OCH3 is 1. The molecule has 0 saturated carbocycles. The molecule has 0 saturated heterocycles. The minimum absolute atomic E-state index is 0.446. The van der Waals surface area contributed by atoms with Gasteiger partial charge in [-0.3, -0.25) is 4.57 Å². The Bertz CT molecular complexity index is 795. The fraction of sp³-hybridized carbons (Fsp3) is 0.133. The summed E-state index contributed by atoms with van der Waals surface area (Å²) in [5.74, 6) is 1.21. The van der Waals surface area contributed by atoms with Gasteiger partial charge in [0.2, 0.25) is 5.95 Å². The first-order valence-corrected chi connectivity index (χ1v) is 6.98. The molecule has 0 aliphatic carbocycles. The van der Waals surface area contributed by atoms with Gasteiger partial charge in [-0.1, -0.05) is 22.0 Å². The fourth-order valence-corrected chi connectivity index (χ4v) is 2.65. The number of fused-ring (bicyclic) bond motifs is 1. The van der Waals surface area contributed by atoms with Crippen LogP contribution in [0.5, 0.6) is 5.75 Å². The number of imidazole rings is 1. The first-order chi connectivity index (χ1) is 9.60. The van der Waals surface area contributed by atoms with Crippen molar-refractivity contribution >= 4 is 32.9 Å². The van der Waals surface area contributed by atoms with Gasteiger partial charge in [-0.15, -0.1) is 0 Å². The third-order valence-corrected chi connectivity index (χ3v) is 3.71. The molecule has 0 amide bonds. The lowest BCUT2D eigenvalue weighted by Crippen LogP contribution is -2.03. The Morgan fingerprint density at radius 3 is 2.75 bits per heavy atom. The third kappa shape index (κ3) is 2.04. The summed E-state index contributed by atoms with van der Waals surface area (Å²) in [5.41, 5.74) is 9.93. The number of aromatic nitrogens is 2. The molecule has 4 nitrogen and oxygen atoms in total. The largest absolute Gasteiger partial charge is 0.495 e. The molecule has 0 unspecified atom stereocenters. The van der Waals surface area contributed by atoms with Crippen molar-refractivity contribution in [2.24, 2.45) is 0 Å². The predicted octanol–water partition coefficient (Wildman–Crippen LogP) is 3.69. The van der Waals surface area contributed by atoms with Crippen LogP contribution in [-0.4, -0.2) is 16.7 Å². The lowest BCUT2D eigenvalue weighted by molar-refractivity contribution is 0.413. The van der Waals surface area contributed by atoms with Crippen LogP contribution in [0.2, 0.25) is 0 Å². The molecule has 1 aromatic heterocycles. The van der Waals surface area contributed by atoms with Crippen molar-refractivity contribution < 1.29 is 4.74 Å². The number of aryl methyl sites for hydroxylation is 1. The number of rotatable bonds is 2. The van der Waals surface area contributed by atoms with E-state index >= 15 is 0 Å². The van der Waals surface area contributed by atoms with Gasteiger partial charge < -0.3 is 10.5 Å². The summed E-state index contributed by atoms with van der Waals surface area (Å²) < 4.78 is 8.33. The second kappa shape index (κ2) is 4.83. The number of nitrogens with zero attached hydrogens (tertiary/aromatic N) is 2. The highest BCUT2D eigenvalue weighted by Gasteiger charge is 2.14. The number of hydrogen-bond acceptors (Lipinski definition) is 3. The van der Waals surface area contributed by atoms with E-state index in [1.54, 1.807) is 7.11 Å². The Hall–Kier alpha value is -2.01. The van der Waals surface area contributed by atoms with Crippen LogP contribution >= 0.6 is 15.9 Å². The summed E-state index contributed by atoms with van der Waals surface area (Å²) in [6, 6.07) is 11.9.